The second kappa shape index (κ2) is 4.34. The minimum Gasteiger partial charge on any atom is -0.334 e. The zero-order valence-corrected chi connectivity index (χ0v) is 10.4. The van der Waals surface area contributed by atoms with Gasteiger partial charge in [-0.2, -0.15) is 0 Å². The summed E-state index contributed by atoms with van der Waals surface area (Å²) in [5.74, 6) is 1.52. The van der Waals surface area contributed by atoms with Crippen LogP contribution in [0.2, 0.25) is 0 Å². The molecule has 0 bridgehead atoms. The predicted molar refractivity (Wildman–Crippen MR) is 64.1 cm³/mol. The van der Waals surface area contributed by atoms with Gasteiger partial charge < -0.3 is 10.2 Å². The Hall–Kier alpha value is -0.220. The average Bonchev–Trinajstić information content (AvgIpc) is 2.69. The molecule has 2 fully saturated rings. The Kier molecular flexibility index (Phi) is 3.26. The monoisotopic (exact) mass is 228 g/mol. The molecule has 1 unspecified atom stereocenters. The highest BCUT2D eigenvalue weighted by molar-refractivity contribution is 8.00. The van der Waals surface area contributed by atoms with Crippen molar-refractivity contribution >= 4 is 17.7 Å². The van der Waals surface area contributed by atoms with E-state index in [1.54, 1.807) is 0 Å². The number of hydrogen-bond donors (Lipinski definition) is 1. The smallest absolute Gasteiger partial charge is 0.236 e. The van der Waals surface area contributed by atoms with Crippen molar-refractivity contribution < 1.29 is 4.79 Å². The third-order valence-corrected chi connectivity index (χ3v) is 4.64. The van der Waals surface area contributed by atoms with Gasteiger partial charge in [0.1, 0.15) is 0 Å². The topological polar surface area (TPSA) is 32.3 Å². The van der Waals surface area contributed by atoms with E-state index in [1.165, 1.54) is 6.42 Å². The maximum atomic E-state index is 12.3. The van der Waals surface area contributed by atoms with Crippen LogP contribution in [0.5, 0.6) is 0 Å². The number of nitrogens with one attached hydrogen (secondary N) is 1. The first-order chi connectivity index (χ1) is 7.11. The fraction of sp³-hybridized carbons (Fsp3) is 0.909. The number of carbonyl (C=O) groups excluding carboxylic acids is 1. The van der Waals surface area contributed by atoms with Crippen LogP contribution >= 0.6 is 11.8 Å². The maximum Gasteiger partial charge on any atom is 0.236 e. The Labute approximate surface area is 96.0 Å². The standard InChI is InChI=1S/C11H20N2OS/c1-11(2)8-12-5-6-13(11)10(14)9-4-3-7-15-9/h9,12H,3-8H2,1-2H3. The van der Waals surface area contributed by atoms with E-state index in [0.717, 1.165) is 31.8 Å². The third-order valence-electron chi connectivity index (χ3n) is 3.27. The molecule has 0 saturated carbocycles. The molecule has 0 aromatic rings. The van der Waals surface area contributed by atoms with Gasteiger partial charge in [0, 0.05) is 25.2 Å². The number of piperazine rings is 1. The molecule has 1 amide bonds. The van der Waals surface area contributed by atoms with Crippen molar-refractivity contribution in [2.75, 3.05) is 25.4 Å². The molecule has 2 saturated heterocycles. The van der Waals surface area contributed by atoms with Crippen molar-refractivity contribution in [2.45, 2.75) is 37.5 Å². The summed E-state index contributed by atoms with van der Waals surface area (Å²) in [5.41, 5.74) is -0.0154. The maximum absolute atomic E-state index is 12.3. The zero-order chi connectivity index (χ0) is 10.9. The van der Waals surface area contributed by atoms with Gasteiger partial charge in [0.2, 0.25) is 5.91 Å². The average molecular weight is 228 g/mol. The Balaban J connectivity index is 2.04. The van der Waals surface area contributed by atoms with Crippen molar-refractivity contribution in [3.63, 3.8) is 0 Å². The second-order valence-corrected chi connectivity index (χ2v) is 6.29. The van der Waals surface area contributed by atoms with E-state index < -0.39 is 0 Å². The van der Waals surface area contributed by atoms with E-state index in [0.29, 0.717) is 5.91 Å². The van der Waals surface area contributed by atoms with Gasteiger partial charge in [-0.25, -0.2) is 0 Å². The van der Waals surface area contributed by atoms with Crippen molar-refractivity contribution in [3.05, 3.63) is 0 Å². The molecule has 0 aromatic heterocycles. The summed E-state index contributed by atoms with van der Waals surface area (Å²) in [5, 5.41) is 3.59. The van der Waals surface area contributed by atoms with Gasteiger partial charge in [0.15, 0.2) is 0 Å². The molecule has 4 heteroatoms. The Morgan fingerprint density at radius 2 is 2.33 bits per heavy atom. The molecule has 0 aliphatic carbocycles. The molecule has 2 rings (SSSR count). The molecule has 2 aliphatic heterocycles. The minimum absolute atomic E-state index is 0.0154. The van der Waals surface area contributed by atoms with Crippen LogP contribution in [0.4, 0.5) is 0 Å². The second-order valence-electron chi connectivity index (χ2n) is 4.98. The van der Waals surface area contributed by atoms with E-state index in [-0.39, 0.29) is 10.8 Å². The largest absolute Gasteiger partial charge is 0.334 e. The summed E-state index contributed by atoms with van der Waals surface area (Å²) >= 11 is 1.83. The first-order valence-electron chi connectivity index (χ1n) is 5.75. The first-order valence-corrected chi connectivity index (χ1v) is 6.80. The van der Waals surface area contributed by atoms with Gasteiger partial charge in [-0.15, -0.1) is 11.8 Å². The highest BCUT2D eigenvalue weighted by atomic mass is 32.2. The lowest BCUT2D eigenvalue weighted by Crippen LogP contribution is -2.61. The van der Waals surface area contributed by atoms with Crippen LogP contribution in [0.1, 0.15) is 26.7 Å². The van der Waals surface area contributed by atoms with E-state index in [4.69, 9.17) is 0 Å². The van der Waals surface area contributed by atoms with Crippen LogP contribution in [0.25, 0.3) is 0 Å². The number of carbonyl (C=O) groups is 1. The van der Waals surface area contributed by atoms with Crippen molar-refractivity contribution in [1.82, 2.24) is 10.2 Å². The quantitative estimate of drug-likeness (QED) is 0.729. The molecule has 0 radical (unpaired) electrons. The lowest BCUT2D eigenvalue weighted by Gasteiger charge is -2.43. The summed E-state index contributed by atoms with van der Waals surface area (Å²) in [6.45, 7) is 7.01. The number of thioether (sulfide) groups is 1. The van der Waals surface area contributed by atoms with E-state index in [9.17, 15) is 4.79 Å². The number of rotatable bonds is 1. The van der Waals surface area contributed by atoms with E-state index >= 15 is 0 Å². The summed E-state index contributed by atoms with van der Waals surface area (Å²) in [6.07, 6.45) is 2.27. The van der Waals surface area contributed by atoms with Crippen LogP contribution in [0.15, 0.2) is 0 Å². The SMILES string of the molecule is CC1(C)CNCCN1C(=O)C1CCCS1. The molecule has 0 aromatic carbocycles. The molecular weight excluding hydrogens is 208 g/mol. The molecule has 3 nitrogen and oxygen atoms in total. The van der Waals surface area contributed by atoms with E-state index in [2.05, 4.69) is 24.1 Å². The van der Waals surface area contributed by atoms with Crippen LogP contribution in [0, 0.1) is 0 Å². The van der Waals surface area contributed by atoms with Gasteiger partial charge in [0.05, 0.1) is 5.25 Å². The van der Waals surface area contributed by atoms with Crippen LogP contribution in [0.3, 0.4) is 0 Å². The molecular formula is C11H20N2OS. The van der Waals surface area contributed by atoms with Crippen LogP contribution in [-0.2, 0) is 4.79 Å². The third kappa shape index (κ3) is 2.31. The minimum atomic E-state index is -0.0154. The fourth-order valence-electron chi connectivity index (χ4n) is 2.34. The Morgan fingerprint density at radius 1 is 1.53 bits per heavy atom. The zero-order valence-electron chi connectivity index (χ0n) is 9.58. The molecule has 1 atom stereocenters. The van der Waals surface area contributed by atoms with Crippen molar-refractivity contribution in [1.29, 1.82) is 0 Å². The van der Waals surface area contributed by atoms with Crippen molar-refractivity contribution in [3.8, 4) is 0 Å². The summed E-state index contributed by atoms with van der Waals surface area (Å²) < 4.78 is 0. The van der Waals surface area contributed by atoms with Crippen molar-refractivity contribution in [2.24, 2.45) is 0 Å². The van der Waals surface area contributed by atoms with Crippen LogP contribution in [-0.4, -0.2) is 47.0 Å². The predicted octanol–water partition coefficient (Wildman–Crippen LogP) is 1.09. The molecule has 2 heterocycles. The van der Waals surface area contributed by atoms with Gasteiger partial charge in [-0.3, -0.25) is 4.79 Å². The first kappa shape index (κ1) is 11.3. The lowest BCUT2D eigenvalue weighted by molar-refractivity contribution is -0.137. The number of amides is 1. The number of nitrogens with zero attached hydrogens (tertiary/aromatic N) is 1. The highest BCUT2D eigenvalue weighted by Crippen LogP contribution is 2.30. The Bertz CT molecular complexity index is 249. The molecule has 2 aliphatic rings. The van der Waals surface area contributed by atoms with Crippen LogP contribution < -0.4 is 5.32 Å². The van der Waals surface area contributed by atoms with Gasteiger partial charge >= 0.3 is 0 Å². The highest BCUT2D eigenvalue weighted by Gasteiger charge is 2.37. The van der Waals surface area contributed by atoms with Gasteiger partial charge in [0.25, 0.3) is 0 Å². The number of hydrogen-bond acceptors (Lipinski definition) is 3. The van der Waals surface area contributed by atoms with E-state index in [1.807, 2.05) is 11.8 Å². The summed E-state index contributed by atoms with van der Waals surface area (Å²) in [6, 6.07) is 0. The molecule has 1 N–H and O–H groups in total. The van der Waals surface area contributed by atoms with Gasteiger partial charge in [-0.05, 0) is 32.4 Å². The lowest BCUT2D eigenvalue weighted by atomic mass is 9.99. The Morgan fingerprint density at radius 3 is 2.93 bits per heavy atom. The summed E-state index contributed by atoms with van der Waals surface area (Å²) in [7, 11) is 0. The normalized spacial score (nSPS) is 30.5. The fourth-order valence-corrected chi connectivity index (χ4v) is 3.56. The molecule has 86 valence electrons. The van der Waals surface area contributed by atoms with Gasteiger partial charge in [-0.1, -0.05) is 0 Å². The molecule has 15 heavy (non-hydrogen) atoms. The summed E-state index contributed by atoms with van der Waals surface area (Å²) in [4.78, 5) is 14.4. The molecule has 0 spiro atoms.